The Morgan fingerprint density at radius 2 is 2.14 bits per heavy atom. The molecule has 2 N–H and O–H groups in total. The molecule has 9 nitrogen and oxygen atoms in total. The number of methoxy groups -OCH3 is 1. The van der Waals surface area contributed by atoms with E-state index in [2.05, 4.69) is 15.3 Å². The molecule has 1 aromatic carbocycles. The predicted molar refractivity (Wildman–Crippen MR) is 117 cm³/mol. The number of amidine groups is 1. The fourth-order valence-electron chi connectivity index (χ4n) is 4.17. The normalized spacial score (nSPS) is 22.1. The number of halogens is 4. The van der Waals surface area contributed by atoms with Crippen molar-refractivity contribution in [1.29, 1.82) is 0 Å². The van der Waals surface area contributed by atoms with E-state index >= 15 is 0 Å². The zero-order chi connectivity index (χ0) is 25.5. The molecule has 0 bridgehead atoms. The van der Waals surface area contributed by atoms with Crippen LogP contribution in [0.25, 0.3) is 0 Å². The number of hydrogen-bond donors (Lipinski definition) is 2. The molecule has 0 spiro atoms. The van der Waals surface area contributed by atoms with Crippen LogP contribution >= 0.6 is 11.6 Å². The SMILES string of the molecule is COC(=O)C1=C(CN2CC(F)(F)C[C@H]2C(=O)O)NC(c2ncoc2C)=N[C@H]1c1ccc(F)cc1Cl. The number of nitrogens with zero attached hydrogens (tertiary/aromatic N) is 3. The highest BCUT2D eigenvalue weighted by molar-refractivity contribution is 6.31. The number of hydrogen-bond acceptors (Lipinski definition) is 8. The topological polar surface area (TPSA) is 117 Å². The summed E-state index contributed by atoms with van der Waals surface area (Å²) in [5, 5.41) is 12.4. The number of carboxylic acids is 1. The van der Waals surface area contributed by atoms with Crippen molar-refractivity contribution in [3.63, 3.8) is 0 Å². The summed E-state index contributed by atoms with van der Waals surface area (Å²) in [5.41, 5.74) is 0.493. The van der Waals surface area contributed by atoms with Crippen LogP contribution in [0, 0.1) is 12.7 Å². The standard InChI is InChI=1S/C22H20ClF3N4O5/c1-10-17(27-9-35-10)19-28-14(7-30-8-22(25,26)6-15(30)20(31)32)16(21(33)34-2)18(29-19)12-4-3-11(24)5-13(12)23/h3-5,9,15,18H,6-8H2,1-2H3,(H,28,29)(H,31,32)/t15-,18-/m0/s1. The lowest BCUT2D eigenvalue weighted by Crippen LogP contribution is -2.43. The van der Waals surface area contributed by atoms with Crippen molar-refractivity contribution >= 4 is 29.4 Å². The minimum absolute atomic E-state index is 0.0336. The second-order valence-electron chi connectivity index (χ2n) is 8.13. The smallest absolute Gasteiger partial charge is 0.338 e. The number of esters is 1. The maximum absolute atomic E-state index is 14.1. The molecular formula is C22H20ClF3N4O5. The molecule has 0 unspecified atom stereocenters. The number of aliphatic carboxylic acids is 1. The lowest BCUT2D eigenvalue weighted by Gasteiger charge is -2.30. The molecule has 2 atom stereocenters. The molecular weight excluding hydrogens is 493 g/mol. The van der Waals surface area contributed by atoms with E-state index in [1.54, 1.807) is 6.92 Å². The number of carboxylic acid groups (broad SMARTS) is 1. The molecule has 2 aliphatic heterocycles. The van der Waals surface area contributed by atoms with Crippen molar-refractivity contribution < 1.29 is 37.0 Å². The number of aliphatic imine (C=N–C) groups is 1. The van der Waals surface area contributed by atoms with Gasteiger partial charge in [0, 0.05) is 29.2 Å². The number of alkyl halides is 2. The summed E-state index contributed by atoms with van der Waals surface area (Å²) in [6.45, 7) is 0.413. The van der Waals surface area contributed by atoms with Gasteiger partial charge in [-0.05, 0) is 19.1 Å². The van der Waals surface area contributed by atoms with E-state index in [0.717, 1.165) is 24.1 Å². The van der Waals surface area contributed by atoms with Gasteiger partial charge >= 0.3 is 11.9 Å². The van der Waals surface area contributed by atoms with Crippen LogP contribution in [0.3, 0.4) is 0 Å². The van der Waals surface area contributed by atoms with Crippen molar-refractivity contribution in [3.05, 3.63) is 63.7 Å². The van der Waals surface area contributed by atoms with E-state index < -0.39 is 48.7 Å². The van der Waals surface area contributed by atoms with Gasteiger partial charge in [0.2, 0.25) is 0 Å². The molecule has 1 saturated heterocycles. The summed E-state index contributed by atoms with van der Waals surface area (Å²) in [6.07, 6.45) is 0.301. The Bertz CT molecular complexity index is 1250. The zero-order valence-corrected chi connectivity index (χ0v) is 19.3. The highest BCUT2D eigenvalue weighted by Gasteiger charge is 2.49. The predicted octanol–water partition coefficient (Wildman–Crippen LogP) is 3.09. The van der Waals surface area contributed by atoms with Gasteiger partial charge in [0.25, 0.3) is 5.92 Å². The average Bonchev–Trinajstić information content (AvgIpc) is 3.34. The Kier molecular flexibility index (Phi) is 6.60. The number of oxazole rings is 1. The first-order valence-electron chi connectivity index (χ1n) is 10.4. The van der Waals surface area contributed by atoms with Gasteiger partial charge in [-0.25, -0.2) is 22.9 Å². The Balaban J connectivity index is 1.86. The number of aryl methyl sites for hydroxylation is 1. The van der Waals surface area contributed by atoms with Gasteiger partial charge in [-0.3, -0.25) is 14.7 Å². The lowest BCUT2D eigenvalue weighted by atomic mass is 9.94. The zero-order valence-electron chi connectivity index (χ0n) is 18.5. The highest BCUT2D eigenvalue weighted by atomic mass is 35.5. The van der Waals surface area contributed by atoms with Crippen LogP contribution in [0.1, 0.15) is 29.5 Å². The number of likely N-dealkylation sites (tertiary alicyclic amines) is 1. The summed E-state index contributed by atoms with van der Waals surface area (Å²) < 4.78 is 52.2. The number of carbonyl (C=O) groups excluding carboxylic acids is 1. The molecule has 2 aliphatic rings. The second-order valence-corrected chi connectivity index (χ2v) is 8.54. The first-order chi connectivity index (χ1) is 16.5. The van der Waals surface area contributed by atoms with Crippen LogP contribution in [-0.4, -0.2) is 64.9 Å². The van der Waals surface area contributed by atoms with E-state index in [-0.39, 0.29) is 39.9 Å². The molecule has 13 heteroatoms. The number of carbonyl (C=O) groups is 2. The summed E-state index contributed by atoms with van der Waals surface area (Å²) >= 11 is 6.27. The van der Waals surface area contributed by atoms with Crippen LogP contribution in [0.5, 0.6) is 0 Å². The molecule has 0 amide bonds. The Hall–Kier alpha value is -3.38. The number of rotatable bonds is 6. The number of benzene rings is 1. The van der Waals surface area contributed by atoms with Gasteiger partial charge in [0.05, 0.1) is 19.2 Å². The summed E-state index contributed by atoms with van der Waals surface area (Å²) in [7, 11) is 1.13. The van der Waals surface area contributed by atoms with Crippen molar-refractivity contribution in [1.82, 2.24) is 15.2 Å². The van der Waals surface area contributed by atoms with Crippen molar-refractivity contribution in [3.8, 4) is 0 Å². The van der Waals surface area contributed by atoms with Crippen LogP contribution in [0.15, 0.2) is 45.3 Å². The third-order valence-corrected chi connectivity index (χ3v) is 6.10. The first-order valence-corrected chi connectivity index (χ1v) is 10.7. The Morgan fingerprint density at radius 3 is 2.74 bits per heavy atom. The van der Waals surface area contributed by atoms with E-state index in [1.165, 1.54) is 12.5 Å². The van der Waals surface area contributed by atoms with E-state index in [0.29, 0.717) is 5.76 Å². The molecule has 186 valence electrons. The van der Waals surface area contributed by atoms with Crippen LogP contribution in [0.2, 0.25) is 5.02 Å². The minimum Gasteiger partial charge on any atom is -0.480 e. The Labute approximate surface area is 202 Å². The molecule has 1 fully saturated rings. The fourth-order valence-corrected chi connectivity index (χ4v) is 4.44. The van der Waals surface area contributed by atoms with E-state index in [1.807, 2.05) is 0 Å². The molecule has 3 heterocycles. The Morgan fingerprint density at radius 1 is 1.40 bits per heavy atom. The average molecular weight is 513 g/mol. The number of nitrogens with one attached hydrogen (secondary N) is 1. The van der Waals surface area contributed by atoms with Gasteiger partial charge in [0.1, 0.15) is 29.4 Å². The highest BCUT2D eigenvalue weighted by Crippen LogP contribution is 2.38. The molecule has 0 aliphatic carbocycles. The third kappa shape index (κ3) is 4.89. The van der Waals surface area contributed by atoms with Gasteiger partial charge in [-0.2, -0.15) is 0 Å². The largest absolute Gasteiger partial charge is 0.480 e. The van der Waals surface area contributed by atoms with Gasteiger partial charge in [-0.1, -0.05) is 17.7 Å². The van der Waals surface area contributed by atoms with Crippen molar-refractivity contribution in [2.45, 2.75) is 31.4 Å². The summed E-state index contributed by atoms with van der Waals surface area (Å²) in [4.78, 5) is 34.3. The van der Waals surface area contributed by atoms with Gasteiger partial charge in [-0.15, -0.1) is 0 Å². The number of ether oxygens (including phenoxy) is 1. The molecule has 4 rings (SSSR count). The lowest BCUT2D eigenvalue weighted by molar-refractivity contribution is -0.142. The maximum atomic E-state index is 14.1. The minimum atomic E-state index is -3.23. The molecule has 1 aromatic heterocycles. The van der Waals surface area contributed by atoms with Crippen LogP contribution < -0.4 is 5.32 Å². The molecule has 2 aromatic rings. The van der Waals surface area contributed by atoms with Crippen molar-refractivity contribution in [2.24, 2.45) is 4.99 Å². The van der Waals surface area contributed by atoms with Gasteiger partial charge < -0.3 is 19.6 Å². The monoisotopic (exact) mass is 512 g/mol. The van der Waals surface area contributed by atoms with Gasteiger partial charge in [0.15, 0.2) is 12.2 Å². The summed E-state index contributed by atoms with van der Waals surface area (Å²) in [5.74, 6) is -5.62. The van der Waals surface area contributed by atoms with Crippen LogP contribution in [-0.2, 0) is 14.3 Å². The quantitative estimate of drug-likeness (QED) is 0.567. The third-order valence-electron chi connectivity index (χ3n) is 5.77. The van der Waals surface area contributed by atoms with Crippen LogP contribution in [0.4, 0.5) is 13.2 Å². The number of aromatic nitrogens is 1. The van der Waals surface area contributed by atoms with E-state index in [9.17, 15) is 27.9 Å². The summed E-state index contributed by atoms with van der Waals surface area (Å²) in [6, 6.07) is 0.905. The second kappa shape index (κ2) is 9.34. The molecule has 0 saturated carbocycles. The maximum Gasteiger partial charge on any atom is 0.338 e. The fraction of sp³-hybridized carbons (Fsp3) is 0.364. The van der Waals surface area contributed by atoms with E-state index in [4.69, 9.17) is 20.8 Å². The first kappa shape index (κ1) is 24.7. The van der Waals surface area contributed by atoms with Crippen molar-refractivity contribution in [2.75, 3.05) is 20.2 Å². The molecule has 0 radical (unpaired) electrons. The molecule has 35 heavy (non-hydrogen) atoms.